The molecule has 0 saturated heterocycles. The molecule has 0 atom stereocenters. The molecule has 0 unspecified atom stereocenters. The van der Waals surface area contributed by atoms with E-state index in [4.69, 9.17) is 0 Å². The van der Waals surface area contributed by atoms with E-state index in [1.807, 2.05) is 5.32 Å². The summed E-state index contributed by atoms with van der Waals surface area (Å²) in [6.45, 7) is -1.98. The number of hydrogen-bond acceptors (Lipinski definition) is 4. The number of esters is 1. The fraction of sp³-hybridized carbons (Fsp3) is 0.333. The first-order chi connectivity index (χ1) is 9.73. The number of ether oxygens (including phenoxy) is 1. The second kappa shape index (κ2) is 7.02. The zero-order valence-corrected chi connectivity index (χ0v) is 10.9. The molecule has 0 heterocycles. The Morgan fingerprint density at radius 2 is 1.95 bits per heavy atom. The van der Waals surface area contributed by atoms with Crippen molar-refractivity contribution in [3.8, 4) is 0 Å². The number of alkyl halides is 3. The predicted molar refractivity (Wildman–Crippen MR) is 65.3 cm³/mol. The van der Waals surface area contributed by atoms with Gasteiger partial charge in [-0.1, -0.05) is 0 Å². The van der Waals surface area contributed by atoms with Crippen molar-refractivity contribution in [1.29, 1.82) is 0 Å². The Bertz CT molecular complexity index is 532. The summed E-state index contributed by atoms with van der Waals surface area (Å²) in [6, 6.07) is 2.96. The lowest BCUT2D eigenvalue weighted by atomic mass is 10.1. The molecule has 9 heteroatoms. The number of anilines is 1. The fourth-order valence-electron chi connectivity index (χ4n) is 1.42. The van der Waals surface area contributed by atoms with Gasteiger partial charge in [0.2, 0.25) is 5.91 Å². The molecule has 0 aliphatic heterocycles. The largest absolute Gasteiger partial charge is 0.465 e. The van der Waals surface area contributed by atoms with Gasteiger partial charge < -0.3 is 15.4 Å². The third kappa shape index (κ3) is 5.78. The van der Waals surface area contributed by atoms with E-state index in [9.17, 15) is 27.2 Å². The van der Waals surface area contributed by atoms with Crippen molar-refractivity contribution >= 4 is 17.6 Å². The van der Waals surface area contributed by atoms with Crippen molar-refractivity contribution in [1.82, 2.24) is 5.32 Å². The van der Waals surface area contributed by atoms with Crippen LogP contribution in [0.25, 0.3) is 0 Å². The highest BCUT2D eigenvalue weighted by Gasteiger charge is 2.26. The standard InChI is InChI=1S/C12H12F4N2O3/c1-21-11(20)8-3-2-7(13)4-9(8)18-10(19)5-17-6-12(14,15)16/h2-4,17H,5-6H2,1H3,(H,18,19). The normalized spacial score (nSPS) is 11.1. The molecule has 0 aliphatic rings. The number of nitrogens with one attached hydrogen (secondary N) is 2. The Morgan fingerprint density at radius 1 is 1.29 bits per heavy atom. The summed E-state index contributed by atoms with van der Waals surface area (Å²) in [5.74, 6) is -2.38. The maximum Gasteiger partial charge on any atom is 0.401 e. The Labute approximate surface area is 117 Å². The zero-order valence-electron chi connectivity index (χ0n) is 10.9. The minimum absolute atomic E-state index is 0.108. The molecule has 5 nitrogen and oxygen atoms in total. The Hall–Kier alpha value is -2.16. The number of benzene rings is 1. The van der Waals surface area contributed by atoms with Crippen molar-refractivity contribution in [2.24, 2.45) is 0 Å². The molecule has 2 N–H and O–H groups in total. The van der Waals surface area contributed by atoms with E-state index in [1.54, 1.807) is 0 Å². The van der Waals surface area contributed by atoms with E-state index >= 15 is 0 Å². The molecule has 0 spiro atoms. The van der Waals surface area contributed by atoms with Gasteiger partial charge in [0, 0.05) is 0 Å². The number of rotatable bonds is 5. The van der Waals surface area contributed by atoms with Crippen molar-refractivity contribution in [2.45, 2.75) is 6.18 Å². The van der Waals surface area contributed by atoms with Gasteiger partial charge in [-0.05, 0) is 18.2 Å². The third-order valence-electron chi connectivity index (χ3n) is 2.27. The van der Waals surface area contributed by atoms with E-state index < -0.39 is 37.0 Å². The van der Waals surface area contributed by atoms with E-state index in [-0.39, 0.29) is 11.3 Å². The van der Waals surface area contributed by atoms with Crippen molar-refractivity contribution in [2.75, 3.05) is 25.5 Å². The molecule has 1 aromatic rings. The highest BCUT2D eigenvalue weighted by atomic mass is 19.4. The summed E-state index contributed by atoms with van der Waals surface area (Å²) in [5.41, 5.74) is -0.288. The number of amides is 1. The van der Waals surface area contributed by atoms with Gasteiger partial charge in [-0.15, -0.1) is 0 Å². The summed E-state index contributed by atoms with van der Waals surface area (Å²) in [6.07, 6.45) is -4.45. The van der Waals surface area contributed by atoms with Crippen LogP contribution in [0, 0.1) is 5.82 Å². The second-order valence-electron chi connectivity index (χ2n) is 3.95. The number of carbonyl (C=O) groups is 2. The minimum atomic E-state index is -4.45. The predicted octanol–water partition coefficient (Wildman–Crippen LogP) is 1.70. The van der Waals surface area contributed by atoms with Gasteiger partial charge in [-0.2, -0.15) is 13.2 Å². The van der Waals surface area contributed by atoms with E-state index in [0.29, 0.717) is 0 Å². The third-order valence-corrected chi connectivity index (χ3v) is 2.27. The maximum absolute atomic E-state index is 13.1. The number of methoxy groups -OCH3 is 1. The van der Waals surface area contributed by atoms with Crippen LogP contribution in [0.15, 0.2) is 18.2 Å². The summed E-state index contributed by atoms with van der Waals surface area (Å²) in [5, 5.41) is 4.02. The van der Waals surface area contributed by atoms with Crippen LogP contribution < -0.4 is 10.6 Å². The fourth-order valence-corrected chi connectivity index (χ4v) is 1.42. The molecule has 0 radical (unpaired) electrons. The maximum atomic E-state index is 13.1. The van der Waals surface area contributed by atoms with Crippen LogP contribution in [0.4, 0.5) is 23.2 Å². The van der Waals surface area contributed by atoms with Crippen LogP contribution in [-0.2, 0) is 9.53 Å². The topological polar surface area (TPSA) is 67.4 Å². The molecule has 1 aromatic carbocycles. The molecule has 21 heavy (non-hydrogen) atoms. The first-order valence-electron chi connectivity index (χ1n) is 5.68. The molecule has 0 aliphatic carbocycles. The smallest absolute Gasteiger partial charge is 0.401 e. The quantitative estimate of drug-likeness (QED) is 0.642. The van der Waals surface area contributed by atoms with Crippen molar-refractivity contribution < 1.29 is 31.9 Å². The van der Waals surface area contributed by atoms with Crippen LogP contribution >= 0.6 is 0 Å². The molecule has 116 valence electrons. The van der Waals surface area contributed by atoms with Crippen molar-refractivity contribution in [3.05, 3.63) is 29.6 Å². The highest BCUT2D eigenvalue weighted by Crippen LogP contribution is 2.18. The first-order valence-corrected chi connectivity index (χ1v) is 5.68. The molecule has 0 saturated carbocycles. The molecule has 1 rings (SSSR count). The van der Waals surface area contributed by atoms with Gasteiger partial charge in [0.15, 0.2) is 0 Å². The van der Waals surface area contributed by atoms with E-state index in [2.05, 4.69) is 10.1 Å². The average molecular weight is 308 g/mol. The Morgan fingerprint density at radius 3 is 2.52 bits per heavy atom. The van der Waals surface area contributed by atoms with Crippen LogP contribution in [0.5, 0.6) is 0 Å². The SMILES string of the molecule is COC(=O)c1ccc(F)cc1NC(=O)CNCC(F)(F)F. The van der Waals surface area contributed by atoms with Gasteiger partial charge in [-0.3, -0.25) is 4.79 Å². The summed E-state index contributed by atoms with van der Waals surface area (Å²) in [4.78, 5) is 22.9. The average Bonchev–Trinajstić information content (AvgIpc) is 2.36. The van der Waals surface area contributed by atoms with Gasteiger partial charge in [-0.25, -0.2) is 9.18 Å². The van der Waals surface area contributed by atoms with Gasteiger partial charge in [0.25, 0.3) is 0 Å². The molecule has 0 bridgehead atoms. The molecular weight excluding hydrogens is 296 g/mol. The Kier molecular flexibility index (Phi) is 5.65. The van der Waals surface area contributed by atoms with Gasteiger partial charge >= 0.3 is 12.1 Å². The highest BCUT2D eigenvalue weighted by molar-refractivity contribution is 6.01. The number of halogens is 4. The van der Waals surface area contributed by atoms with Crippen LogP contribution in [-0.4, -0.2) is 38.3 Å². The second-order valence-corrected chi connectivity index (χ2v) is 3.95. The lowest BCUT2D eigenvalue weighted by molar-refractivity contribution is -0.126. The van der Waals surface area contributed by atoms with Crippen LogP contribution in [0.2, 0.25) is 0 Å². The molecular formula is C12H12F4N2O3. The van der Waals surface area contributed by atoms with Crippen LogP contribution in [0.3, 0.4) is 0 Å². The van der Waals surface area contributed by atoms with E-state index in [0.717, 1.165) is 25.3 Å². The van der Waals surface area contributed by atoms with Crippen LogP contribution in [0.1, 0.15) is 10.4 Å². The first kappa shape index (κ1) is 16.9. The zero-order chi connectivity index (χ0) is 16.0. The summed E-state index contributed by atoms with van der Waals surface area (Å²) in [7, 11) is 1.10. The summed E-state index contributed by atoms with van der Waals surface area (Å²) >= 11 is 0. The minimum Gasteiger partial charge on any atom is -0.465 e. The van der Waals surface area contributed by atoms with Gasteiger partial charge in [0.1, 0.15) is 5.82 Å². The Balaban J connectivity index is 2.71. The lowest BCUT2D eigenvalue weighted by Crippen LogP contribution is -2.35. The molecule has 1 amide bonds. The molecule has 0 aromatic heterocycles. The molecule has 0 fully saturated rings. The van der Waals surface area contributed by atoms with E-state index in [1.165, 1.54) is 0 Å². The van der Waals surface area contributed by atoms with Gasteiger partial charge in [0.05, 0.1) is 31.5 Å². The number of carbonyl (C=O) groups excluding carboxylic acids is 2. The van der Waals surface area contributed by atoms with Crippen molar-refractivity contribution in [3.63, 3.8) is 0 Å². The number of hydrogen-bond donors (Lipinski definition) is 2. The summed E-state index contributed by atoms with van der Waals surface area (Å²) < 4.78 is 53.2. The lowest BCUT2D eigenvalue weighted by Gasteiger charge is -2.11. The monoisotopic (exact) mass is 308 g/mol.